The van der Waals surface area contributed by atoms with E-state index in [4.69, 9.17) is 16.3 Å². The Kier molecular flexibility index (Phi) is 5.34. The third kappa shape index (κ3) is 4.61. The SMILES string of the molecule is CCCOc1ccc(/C=N/Nc2ccc(Cl)nn2)c(O)c1. The van der Waals surface area contributed by atoms with Crippen molar-refractivity contribution in [2.24, 2.45) is 5.10 Å². The van der Waals surface area contributed by atoms with E-state index in [-0.39, 0.29) is 5.75 Å². The summed E-state index contributed by atoms with van der Waals surface area (Å²) in [6.07, 6.45) is 2.39. The molecule has 0 unspecified atom stereocenters. The van der Waals surface area contributed by atoms with Crippen molar-refractivity contribution in [3.63, 3.8) is 0 Å². The fourth-order valence-electron chi connectivity index (χ4n) is 1.49. The van der Waals surface area contributed by atoms with Gasteiger partial charge in [0.15, 0.2) is 11.0 Å². The maximum absolute atomic E-state index is 9.88. The van der Waals surface area contributed by atoms with Gasteiger partial charge in [-0.05, 0) is 30.7 Å². The molecule has 7 heteroatoms. The summed E-state index contributed by atoms with van der Waals surface area (Å²) >= 11 is 5.63. The number of hydrogen-bond donors (Lipinski definition) is 2. The minimum absolute atomic E-state index is 0.0938. The molecular weight excluding hydrogens is 292 g/mol. The molecule has 1 aromatic carbocycles. The number of hydrazone groups is 1. The van der Waals surface area contributed by atoms with Crippen molar-refractivity contribution >= 4 is 23.6 Å². The Morgan fingerprint density at radius 1 is 1.33 bits per heavy atom. The van der Waals surface area contributed by atoms with E-state index in [9.17, 15) is 5.11 Å². The number of nitrogens with zero attached hydrogens (tertiary/aromatic N) is 3. The van der Waals surface area contributed by atoms with E-state index in [0.29, 0.717) is 28.9 Å². The monoisotopic (exact) mass is 306 g/mol. The summed E-state index contributed by atoms with van der Waals surface area (Å²) in [5, 5.41) is 21.6. The topological polar surface area (TPSA) is 79.6 Å². The molecule has 0 aliphatic rings. The molecule has 0 radical (unpaired) electrons. The molecule has 0 atom stereocenters. The molecule has 21 heavy (non-hydrogen) atoms. The average Bonchev–Trinajstić information content (AvgIpc) is 2.49. The van der Waals surface area contributed by atoms with Gasteiger partial charge in [0, 0.05) is 11.6 Å². The van der Waals surface area contributed by atoms with Crippen LogP contribution in [-0.2, 0) is 0 Å². The first-order valence-corrected chi connectivity index (χ1v) is 6.81. The molecule has 0 aliphatic heterocycles. The molecule has 6 nitrogen and oxygen atoms in total. The van der Waals surface area contributed by atoms with Crippen molar-refractivity contribution in [2.45, 2.75) is 13.3 Å². The highest BCUT2D eigenvalue weighted by Gasteiger charge is 2.01. The minimum Gasteiger partial charge on any atom is -0.507 e. The van der Waals surface area contributed by atoms with Crippen LogP contribution in [0.1, 0.15) is 18.9 Å². The van der Waals surface area contributed by atoms with E-state index >= 15 is 0 Å². The quantitative estimate of drug-likeness (QED) is 0.633. The first-order chi connectivity index (χ1) is 10.2. The number of rotatable bonds is 6. The molecule has 0 amide bonds. The van der Waals surface area contributed by atoms with Gasteiger partial charge >= 0.3 is 0 Å². The number of aromatic nitrogens is 2. The molecule has 0 bridgehead atoms. The number of benzene rings is 1. The molecule has 0 spiro atoms. The van der Waals surface area contributed by atoms with Gasteiger partial charge in [-0.15, -0.1) is 10.2 Å². The van der Waals surface area contributed by atoms with Crippen LogP contribution in [0.5, 0.6) is 11.5 Å². The van der Waals surface area contributed by atoms with Crippen LogP contribution in [0.15, 0.2) is 35.4 Å². The van der Waals surface area contributed by atoms with Gasteiger partial charge in [0.2, 0.25) is 0 Å². The van der Waals surface area contributed by atoms with E-state index in [1.54, 1.807) is 30.3 Å². The smallest absolute Gasteiger partial charge is 0.168 e. The van der Waals surface area contributed by atoms with Crippen LogP contribution in [0.25, 0.3) is 0 Å². The normalized spacial score (nSPS) is 10.8. The van der Waals surface area contributed by atoms with Gasteiger partial charge < -0.3 is 9.84 Å². The van der Waals surface area contributed by atoms with Gasteiger partial charge in [-0.2, -0.15) is 5.10 Å². The summed E-state index contributed by atoms with van der Waals surface area (Å²) in [5.41, 5.74) is 3.25. The maximum Gasteiger partial charge on any atom is 0.168 e. The highest BCUT2D eigenvalue weighted by molar-refractivity contribution is 6.29. The Morgan fingerprint density at radius 2 is 2.19 bits per heavy atom. The number of anilines is 1. The standard InChI is InChI=1S/C14H15ClN4O2/c1-2-7-21-11-4-3-10(12(20)8-11)9-16-18-14-6-5-13(15)17-19-14/h3-6,8-9,20H,2,7H2,1H3,(H,18,19)/b16-9+. The number of halogens is 1. The molecule has 2 aromatic rings. The van der Waals surface area contributed by atoms with Crippen LogP contribution in [0.2, 0.25) is 5.15 Å². The third-order valence-corrected chi connectivity index (χ3v) is 2.69. The van der Waals surface area contributed by atoms with Crippen LogP contribution in [-0.4, -0.2) is 28.1 Å². The second-order valence-electron chi connectivity index (χ2n) is 4.18. The van der Waals surface area contributed by atoms with Gasteiger partial charge in [-0.3, -0.25) is 5.43 Å². The molecule has 0 saturated heterocycles. The van der Waals surface area contributed by atoms with E-state index in [2.05, 4.69) is 20.7 Å². The van der Waals surface area contributed by atoms with Crippen molar-refractivity contribution < 1.29 is 9.84 Å². The summed E-state index contributed by atoms with van der Waals surface area (Å²) in [7, 11) is 0. The van der Waals surface area contributed by atoms with Crippen molar-refractivity contribution in [3.05, 3.63) is 41.0 Å². The molecule has 1 heterocycles. The summed E-state index contributed by atoms with van der Waals surface area (Å²) in [4.78, 5) is 0. The van der Waals surface area contributed by atoms with Crippen molar-refractivity contribution in [1.82, 2.24) is 10.2 Å². The first kappa shape index (κ1) is 15.1. The lowest BCUT2D eigenvalue weighted by Crippen LogP contribution is -1.96. The van der Waals surface area contributed by atoms with Gasteiger partial charge in [-0.25, -0.2) is 0 Å². The van der Waals surface area contributed by atoms with E-state index in [0.717, 1.165) is 6.42 Å². The lowest BCUT2D eigenvalue weighted by molar-refractivity contribution is 0.315. The predicted molar refractivity (Wildman–Crippen MR) is 82.2 cm³/mol. The van der Waals surface area contributed by atoms with Crippen LogP contribution >= 0.6 is 11.6 Å². The number of hydrogen-bond acceptors (Lipinski definition) is 6. The van der Waals surface area contributed by atoms with Crippen molar-refractivity contribution in [3.8, 4) is 11.5 Å². The lowest BCUT2D eigenvalue weighted by Gasteiger charge is -2.06. The molecule has 0 saturated carbocycles. The zero-order valence-electron chi connectivity index (χ0n) is 11.5. The summed E-state index contributed by atoms with van der Waals surface area (Å²) in [5.74, 6) is 1.18. The van der Waals surface area contributed by atoms with Crippen molar-refractivity contribution in [2.75, 3.05) is 12.0 Å². The first-order valence-electron chi connectivity index (χ1n) is 6.43. The van der Waals surface area contributed by atoms with Crippen LogP contribution in [0.3, 0.4) is 0 Å². The Bertz CT molecular complexity index is 617. The van der Waals surface area contributed by atoms with Crippen LogP contribution < -0.4 is 10.2 Å². The highest BCUT2D eigenvalue weighted by Crippen LogP contribution is 2.22. The molecule has 2 rings (SSSR count). The largest absolute Gasteiger partial charge is 0.507 e. The number of phenols is 1. The minimum atomic E-state index is 0.0938. The zero-order valence-corrected chi connectivity index (χ0v) is 12.2. The zero-order chi connectivity index (χ0) is 15.1. The average molecular weight is 307 g/mol. The Hall–Kier alpha value is -2.34. The van der Waals surface area contributed by atoms with Gasteiger partial charge in [-0.1, -0.05) is 18.5 Å². The third-order valence-electron chi connectivity index (χ3n) is 2.49. The Labute approximate surface area is 127 Å². The maximum atomic E-state index is 9.88. The number of phenolic OH excluding ortho intramolecular Hbond substituents is 1. The van der Waals surface area contributed by atoms with Gasteiger partial charge in [0.25, 0.3) is 0 Å². The van der Waals surface area contributed by atoms with Crippen LogP contribution in [0, 0.1) is 0 Å². The van der Waals surface area contributed by atoms with E-state index < -0.39 is 0 Å². The van der Waals surface area contributed by atoms with Gasteiger partial charge in [0.1, 0.15) is 11.5 Å². The molecular formula is C14H15ClN4O2. The van der Waals surface area contributed by atoms with Crippen LogP contribution in [0.4, 0.5) is 5.82 Å². The Morgan fingerprint density at radius 3 is 2.86 bits per heavy atom. The molecule has 0 aliphatic carbocycles. The second kappa shape index (κ2) is 7.44. The van der Waals surface area contributed by atoms with Crippen molar-refractivity contribution in [1.29, 1.82) is 0 Å². The Balaban J connectivity index is 1.98. The molecule has 2 N–H and O–H groups in total. The van der Waals surface area contributed by atoms with E-state index in [1.165, 1.54) is 6.21 Å². The highest BCUT2D eigenvalue weighted by atomic mass is 35.5. The van der Waals surface area contributed by atoms with E-state index in [1.807, 2.05) is 6.92 Å². The second-order valence-corrected chi connectivity index (χ2v) is 4.57. The fraction of sp³-hybridized carbons (Fsp3) is 0.214. The number of nitrogens with one attached hydrogen (secondary N) is 1. The summed E-state index contributed by atoms with van der Waals surface area (Å²) in [6.45, 7) is 2.63. The molecule has 1 aromatic heterocycles. The van der Waals surface area contributed by atoms with Gasteiger partial charge in [0.05, 0.1) is 12.8 Å². The number of ether oxygens (including phenoxy) is 1. The fourth-order valence-corrected chi connectivity index (χ4v) is 1.59. The predicted octanol–water partition coefficient (Wildman–Crippen LogP) is 3.07. The lowest BCUT2D eigenvalue weighted by atomic mass is 10.2. The summed E-state index contributed by atoms with van der Waals surface area (Å²) < 4.78 is 5.43. The number of aromatic hydroxyl groups is 1. The molecule has 0 fully saturated rings. The molecule has 110 valence electrons. The summed E-state index contributed by atoms with van der Waals surface area (Å²) in [6, 6.07) is 8.30.